The molecule has 0 amide bonds. The molecule has 3 saturated carbocycles. The highest BCUT2D eigenvalue weighted by Crippen LogP contribution is 2.67. The lowest BCUT2D eigenvalue weighted by Gasteiger charge is -2.69. The van der Waals surface area contributed by atoms with E-state index in [9.17, 15) is 10.2 Å². The zero-order valence-corrected chi connectivity index (χ0v) is 8.33. The first kappa shape index (κ1) is 8.25. The van der Waals surface area contributed by atoms with Crippen molar-refractivity contribution in [3.05, 3.63) is 0 Å². The third kappa shape index (κ3) is 0.736. The molecule has 0 radical (unpaired) electrons. The molecule has 0 spiro atoms. The van der Waals surface area contributed by atoms with Gasteiger partial charge in [0, 0.05) is 0 Å². The zero-order chi connectivity index (χ0) is 9.43. The highest BCUT2D eigenvalue weighted by molar-refractivity contribution is 5.17. The van der Waals surface area contributed by atoms with E-state index >= 15 is 0 Å². The normalized spacial score (nSPS) is 69.2. The maximum atomic E-state index is 10.3. The van der Waals surface area contributed by atoms with E-state index < -0.39 is 11.2 Å². The van der Waals surface area contributed by atoms with Crippen LogP contribution in [0.1, 0.15) is 33.1 Å². The van der Waals surface area contributed by atoms with Gasteiger partial charge in [0.05, 0.1) is 11.2 Å². The van der Waals surface area contributed by atoms with Crippen molar-refractivity contribution in [3.63, 3.8) is 0 Å². The summed E-state index contributed by atoms with van der Waals surface area (Å²) in [7, 11) is 0. The van der Waals surface area contributed by atoms with Gasteiger partial charge in [-0.3, -0.25) is 0 Å². The fraction of sp³-hybridized carbons (Fsp3) is 1.00. The third-order valence-electron chi connectivity index (χ3n) is 5.19. The van der Waals surface area contributed by atoms with Gasteiger partial charge < -0.3 is 10.2 Å². The zero-order valence-electron chi connectivity index (χ0n) is 8.33. The van der Waals surface area contributed by atoms with Gasteiger partial charge in [-0.2, -0.15) is 0 Å². The lowest BCUT2D eigenvalue weighted by molar-refractivity contribution is -0.290. The van der Waals surface area contributed by atoms with Crippen LogP contribution in [0.4, 0.5) is 0 Å². The molecule has 2 N–H and O–H groups in total. The Bertz CT molecular complexity index is 257. The van der Waals surface area contributed by atoms with Gasteiger partial charge in [-0.15, -0.1) is 0 Å². The summed E-state index contributed by atoms with van der Waals surface area (Å²) in [6.07, 6.45) is 3.25. The van der Waals surface area contributed by atoms with Gasteiger partial charge in [-0.1, -0.05) is 0 Å². The molecule has 0 saturated heterocycles. The average Bonchev–Trinajstić information content (AvgIpc) is 1.94. The molecule has 2 heteroatoms. The van der Waals surface area contributed by atoms with Crippen LogP contribution in [0, 0.1) is 23.7 Å². The highest BCUT2D eigenvalue weighted by Gasteiger charge is 2.67. The maximum absolute atomic E-state index is 10.3. The molecule has 13 heavy (non-hydrogen) atoms. The van der Waals surface area contributed by atoms with Crippen molar-refractivity contribution in [2.24, 2.45) is 23.7 Å². The third-order valence-corrected chi connectivity index (χ3v) is 5.19. The van der Waals surface area contributed by atoms with Crippen molar-refractivity contribution in [1.29, 1.82) is 0 Å². The Morgan fingerprint density at radius 3 is 2.38 bits per heavy atom. The van der Waals surface area contributed by atoms with Crippen LogP contribution in [0.15, 0.2) is 0 Å². The van der Waals surface area contributed by atoms with Crippen LogP contribution in [-0.4, -0.2) is 21.4 Å². The van der Waals surface area contributed by atoms with E-state index in [0.29, 0.717) is 11.8 Å². The minimum Gasteiger partial charge on any atom is -0.387 e. The Morgan fingerprint density at radius 1 is 1.08 bits per heavy atom. The molecule has 3 aliphatic rings. The van der Waals surface area contributed by atoms with Crippen LogP contribution in [0.2, 0.25) is 0 Å². The van der Waals surface area contributed by atoms with Crippen molar-refractivity contribution in [2.45, 2.75) is 44.3 Å². The van der Waals surface area contributed by atoms with E-state index in [0.717, 1.165) is 24.7 Å². The fourth-order valence-corrected chi connectivity index (χ4v) is 4.03. The first-order chi connectivity index (χ1) is 5.93. The molecule has 2 nitrogen and oxygen atoms in total. The molecule has 3 fully saturated rings. The molecule has 5 unspecified atom stereocenters. The quantitative estimate of drug-likeness (QED) is 0.590. The van der Waals surface area contributed by atoms with E-state index in [1.54, 1.807) is 6.92 Å². The fourth-order valence-electron chi connectivity index (χ4n) is 4.03. The summed E-state index contributed by atoms with van der Waals surface area (Å²) >= 11 is 0. The number of rotatable bonds is 0. The monoisotopic (exact) mass is 182 g/mol. The van der Waals surface area contributed by atoms with Gasteiger partial charge in [0.25, 0.3) is 0 Å². The molecule has 3 aliphatic carbocycles. The summed E-state index contributed by atoms with van der Waals surface area (Å²) in [5, 5.41) is 20.5. The first-order valence-corrected chi connectivity index (χ1v) is 5.38. The minimum absolute atomic E-state index is 0.375. The summed E-state index contributed by atoms with van der Waals surface area (Å²) in [6, 6.07) is 0. The molecule has 0 bridgehead atoms. The van der Waals surface area contributed by atoms with E-state index in [1.165, 1.54) is 6.42 Å². The maximum Gasteiger partial charge on any atom is 0.0933 e. The second kappa shape index (κ2) is 1.96. The topological polar surface area (TPSA) is 40.5 Å². The smallest absolute Gasteiger partial charge is 0.0933 e. The van der Waals surface area contributed by atoms with E-state index in [2.05, 4.69) is 0 Å². The molecule has 0 aliphatic heterocycles. The predicted octanol–water partition coefficient (Wildman–Crippen LogP) is 1.16. The Balaban J connectivity index is 1.95. The highest BCUT2D eigenvalue weighted by atomic mass is 16.4. The summed E-state index contributed by atoms with van der Waals surface area (Å²) in [4.78, 5) is 0. The van der Waals surface area contributed by atoms with Gasteiger partial charge in [0.15, 0.2) is 0 Å². The SMILES string of the molecule is CC1(O)C[C@H]2CC3CC(C32)C1(C)O. The van der Waals surface area contributed by atoms with Gasteiger partial charge in [0.2, 0.25) is 0 Å². The van der Waals surface area contributed by atoms with Crippen molar-refractivity contribution in [2.75, 3.05) is 0 Å². The molecular formula is C11H18O2. The largest absolute Gasteiger partial charge is 0.387 e. The molecule has 0 aromatic carbocycles. The molecule has 6 atom stereocenters. The Kier molecular flexibility index (Phi) is 1.24. The Hall–Kier alpha value is -0.0800. The lowest BCUT2D eigenvalue weighted by Crippen LogP contribution is -2.71. The molecule has 74 valence electrons. The second-order valence-electron chi connectivity index (χ2n) is 5.80. The van der Waals surface area contributed by atoms with Gasteiger partial charge in [-0.05, 0) is 56.8 Å². The summed E-state index contributed by atoms with van der Waals surface area (Å²) < 4.78 is 0. The van der Waals surface area contributed by atoms with Gasteiger partial charge in [0.1, 0.15) is 0 Å². The first-order valence-electron chi connectivity index (χ1n) is 5.38. The lowest BCUT2D eigenvalue weighted by atomic mass is 9.38. The van der Waals surface area contributed by atoms with E-state index in [-0.39, 0.29) is 0 Å². The van der Waals surface area contributed by atoms with Crippen LogP contribution in [0.5, 0.6) is 0 Å². The van der Waals surface area contributed by atoms with Crippen LogP contribution in [0.3, 0.4) is 0 Å². The second-order valence-corrected chi connectivity index (χ2v) is 5.80. The molecule has 0 aromatic heterocycles. The Labute approximate surface area is 79.0 Å². The van der Waals surface area contributed by atoms with Crippen molar-refractivity contribution in [1.82, 2.24) is 0 Å². The van der Waals surface area contributed by atoms with E-state index in [4.69, 9.17) is 0 Å². The average molecular weight is 182 g/mol. The molecule has 0 heterocycles. The molecular weight excluding hydrogens is 164 g/mol. The standard InChI is InChI=1S/C11H18O2/c1-10(12)5-7-3-6-4-8(9(6)7)11(10,2)13/h6-9,12-13H,3-5H2,1-2H3/t6?,7-,8?,9?,10?,11?/m1/s1. The number of hydrogen-bond donors (Lipinski definition) is 2. The number of aliphatic hydroxyl groups is 2. The molecule has 3 rings (SSSR count). The van der Waals surface area contributed by atoms with Crippen molar-refractivity contribution >= 4 is 0 Å². The van der Waals surface area contributed by atoms with E-state index in [1.807, 2.05) is 6.92 Å². The summed E-state index contributed by atoms with van der Waals surface area (Å²) in [5.74, 6) is 2.71. The Morgan fingerprint density at radius 2 is 1.77 bits per heavy atom. The summed E-state index contributed by atoms with van der Waals surface area (Å²) in [5.41, 5.74) is -1.70. The van der Waals surface area contributed by atoms with Crippen molar-refractivity contribution in [3.8, 4) is 0 Å². The van der Waals surface area contributed by atoms with Crippen LogP contribution in [-0.2, 0) is 0 Å². The summed E-state index contributed by atoms with van der Waals surface area (Å²) in [6.45, 7) is 3.62. The van der Waals surface area contributed by atoms with Crippen molar-refractivity contribution < 1.29 is 10.2 Å². The van der Waals surface area contributed by atoms with Crippen LogP contribution >= 0.6 is 0 Å². The van der Waals surface area contributed by atoms with Crippen LogP contribution in [0.25, 0.3) is 0 Å². The van der Waals surface area contributed by atoms with Gasteiger partial charge >= 0.3 is 0 Å². The number of hydrogen-bond acceptors (Lipinski definition) is 2. The molecule has 0 aromatic rings. The predicted molar refractivity (Wildman–Crippen MR) is 49.1 cm³/mol. The van der Waals surface area contributed by atoms with Gasteiger partial charge in [-0.25, -0.2) is 0 Å². The minimum atomic E-state index is -0.857. The van der Waals surface area contributed by atoms with Crippen LogP contribution < -0.4 is 0 Å².